The Balaban J connectivity index is 2.76. The average molecular weight is 245 g/mol. The van der Waals surface area contributed by atoms with Crippen molar-refractivity contribution in [1.82, 2.24) is 0 Å². The van der Waals surface area contributed by atoms with Gasteiger partial charge in [0.25, 0.3) is 0 Å². The van der Waals surface area contributed by atoms with Gasteiger partial charge in [0, 0.05) is 0 Å². The Bertz CT molecular complexity index is 355. The molecule has 1 aromatic rings. The van der Waals surface area contributed by atoms with E-state index in [1.165, 1.54) is 13.8 Å². The second-order valence-corrected chi connectivity index (χ2v) is 5.26. The van der Waals surface area contributed by atoms with Crippen LogP contribution in [0.4, 0.5) is 4.39 Å². The predicted octanol–water partition coefficient (Wildman–Crippen LogP) is 4.59. The highest BCUT2D eigenvalue weighted by Gasteiger charge is 2.17. The quantitative estimate of drug-likeness (QED) is 0.753. The summed E-state index contributed by atoms with van der Waals surface area (Å²) in [7, 11) is 0. The molecular weight excluding hydrogens is 227 g/mol. The number of ether oxygens (including phenoxy) is 1. The van der Waals surface area contributed by atoms with Gasteiger partial charge in [-0.15, -0.1) is 0 Å². The van der Waals surface area contributed by atoms with Crippen LogP contribution in [0.15, 0.2) is 18.2 Å². The monoisotopic (exact) mass is 244 g/mol. The van der Waals surface area contributed by atoms with E-state index in [2.05, 4.69) is 13.8 Å². The van der Waals surface area contributed by atoms with E-state index in [9.17, 15) is 4.39 Å². The molecule has 0 radical (unpaired) electrons. The van der Waals surface area contributed by atoms with Gasteiger partial charge in [-0.3, -0.25) is 0 Å². The molecule has 0 amide bonds. The van der Waals surface area contributed by atoms with E-state index >= 15 is 0 Å². The molecule has 3 heteroatoms. The standard InChI is InChI=1S/C13H18ClFO/c1-9(2)10-5-6-12(11(14)7-10)16-8-13(3,4)15/h5-7,9H,8H2,1-4H3. The van der Waals surface area contributed by atoms with E-state index in [0.29, 0.717) is 16.7 Å². The van der Waals surface area contributed by atoms with Crippen LogP contribution in [0.1, 0.15) is 39.2 Å². The Morgan fingerprint density at radius 1 is 1.38 bits per heavy atom. The van der Waals surface area contributed by atoms with Crippen LogP contribution >= 0.6 is 11.6 Å². The van der Waals surface area contributed by atoms with Gasteiger partial charge in [-0.2, -0.15) is 0 Å². The third kappa shape index (κ3) is 4.01. The lowest BCUT2D eigenvalue weighted by Crippen LogP contribution is -2.22. The molecule has 90 valence electrons. The first kappa shape index (κ1) is 13.3. The molecule has 0 aliphatic heterocycles. The first-order chi connectivity index (χ1) is 7.29. The van der Waals surface area contributed by atoms with Gasteiger partial charge in [0.1, 0.15) is 18.0 Å². The molecule has 0 atom stereocenters. The van der Waals surface area contributed by atoms with Gasteiger partial charge < -0.3 is 4.74 Å². The summed E-state index contributed by atoms with van der Waals surface area (Å²) in [6, 6.07) is 5.62. The van der Waals surface area contributed by atoms with Crippen LogP contribution in [0.5, 0.6) is 5.75 Å². The maximum atomic E-state index is 13.2. The van der Waals surface area contributed by atoms with Crippen molar-refractivity contribution in [3.63, 3.8) is 0 Å². The molecule has 16 heavy (non-hydrogen) atoms. The fourth-order valence-electron chi connectivity index (χ4n) is 1.24. The number of hydrogen-bond donors (Lipinski definition) is 0. The lowest BCUT2D eigenvalue weighted by molar-refractivity contribution is 0.121. The van der Waals surface area contributed by atoms with Crippen molar-refractivity contribution in [2.75, 3.05) is 6.61 Å². The largest absolute Gasteiger partial charge is 0.489 e. The minimum absolute atomic E-state index is 0.00768. The van der Waals surface area contributed by atoms with Crippen LogP contribution in [-0.2, 0) is 0 Å². The van der Waals surface area contributed by atoms with Gasteiger partial charge in [0.15, 0.2) is 0 Å². The van der Waals surface area contributed by atoms with Crippen molar-refractivity contribution >= 4 is 11.6 Å². The molecule has 1 rings (SSSR count). The fourth-order valence-corrected chi connectivity index (χ4v) is 1.49. The number of hydrogen-bond acceptors (Lipinski definition) is 1. The predicted molar refractivity (Wildman–Crippen MR) is 66.2 cm³/mol. The van der Waals surface area contributed by atoms with Gasteiger partial charge in [-0.1, -0.05) is 31.5 Å². The molecule has 1 nitrogen and oxygen atoms in total. The highest BCUT2D eigenvalue weighted by atomic mass is 35.5. The van der Waals surface area contributed by atoms with Crippen molar-refractivity contribution in [1.29, 1.82) is 0 Å². The summed E-state index contributed by atoms with van der Waals surface area (Å²) in [6.07, 6.45) is 0. The lowest BCUT2D eigenvalue weighted by Gasteiger charge is -2.16. The zero-order valence-electron chi connectivity index (χ0n) is 10.2. The third-order valence-corrected chi connectivity index (χ3v) is 2.49. The van der Waals surface area contributed by atoms with Crippen molar-refractivity contribution in [2.45, 2.75) is 39.3 Å². The van der Waals surface area contributed by atoms with E-state index in [1.54, 1.807) is 6.07 Å². The van der Waals surface area contributed by atoms with E-state index in [4.69, 9.17) is 16.3 Å². The van der Waals surface area contributed by atoms with Crippen LogP contribution in [0, 0.1) is 0 Å². The minimum Gasteiger partial charge on any atom is -0.489 e. The molecule has 0 fully saturated rings. The third-order valence-electron chi connectivity index (χ3n) is 2.19. The van der Waals surface area contributed by atoms with Gasteiger partial charge in [-0.05, 0) is 37.5 Å². The first-order valence-electron chi connectivity index (χ1n) is 5.41. The minimum atomic E-state index is -1.35. The van der Waals surface area contributed by atoms with E-state index in [0.717, 1.165) is 5.56 Å². The molecular formula is C13H18ClFO. The average Bonchev–Trinajstić information content (AvgIpc) is 2.14. The van der Waals surface area contributed by atoms with Crippen molar-refractivity contribution in [2.24, 2.45) is 0 Å². The molecule has 1 aromatic carbocycles. The van der Waals surface area contributed by atoms with Crippen LogP contribution in [0.3, 0.4) is 0 Å². The normalized spacial score (nSPS) is 11.9. The van der Waals surface area contributed by atoms with E-state index in [-0.39, 0.29) is 6.61 Å². The summed E-state index contributed by atoms with van der Waals surface area (Å²) >= 11 is 6.05. The molecule has 0 bridgehead atoms. The lowest BCUT2D eigenvalue weighted by atomic mass is 10.0. The Morgan fingerprint density at radius 3 is 2.44 bits per heavy atom. The van der Waals surface area contributed by atoms with Crippen LogP contribution in [0.2, 0.25) is 5.02 Å². The Kier molecular flexibility index (Phi) is 4.20. The van der Waals surface area contributed by atoms with Gasteiger partial charge in [-0.25, -0.2) is 4.39 Å². The summed E-state index contributed by atoms with van der Waals surface area (Å²) in [4.78, 5) is 0. The number of halogens is 2. The molecule has 0 aromatic heterocycles. The molecule has 0 aliphatic carbocycles. The molecule has 0 spiro atoms. The number of benzene rings is 1. The van der Waals surface area contributed by atoms with E-state index < -0.39 is 5.67 Å². The second kappa shape index (κ2) is 5.05. The van der Waals surface area contributed by atoms with Gasteiger partial charge >= 0.3 is 0 Å². The first-order valence-corrected chi connectivity index (χ1v) is 5.78. The Hall–Kier alpha value is -0.760. The zero-order chi connectivity index (χ0) is 12.3. The van der Waals surface area contributed by atoms with E-state index in [1.807, 2.05) is 12.1 Å². The highest BCUT2D eigenvalue weighted by Crippen LogP contribution is 2.29. The smallest absolute Gasteiger partial charge is 0.139 e. The summed E-state index contributed by atoms with van der Waals surface area (Å²) < 4.78 is 18.6. The molecule has 0 heterocycles. The summed E-state index contributed by atoms with van der Waals surface area (Å²) in [5.74, 6) is 0.959. The SMILES string of the molecule is CC(C)c1ccc(OCC(C)(C)F)c(Cl)c1. The molecule has 0 saturated heterocycles. The number of alkyl halides is 1. The van der Waals surface area contributed by atoms with Crippen molar-refractivity contribution in [3.8, 4) is 5.75 Å². The molecule has 0 unspecified atom stereocenters. The molecule has 0 aliphatic rings. The fraction of sp³-hybridized carbons (Fsp3) is 0.538. The summed E-state index contributed by atoms with van der Waals surface area (Å²) in [6.45, 7) is 7.15. The van der Waals surface area contributed by atoms with Gasteiger partial charge in [0.05, 0.1) is 5.02 Å². The van der Waals surface area contributed by atoms with Crippen molar-refractivity contribution < 1.29 is 9.13 Å². The highest BCUT2D eigenvalue weighted by molar-refractivity contribution is 6.32. The number of rotatable bonds is 4. The van der Waals surface area contributed by atoms with Crippen LogP contribution in [-0.4, -0.2) is 12.3 Å². The Labute approximate surface area is 102 Å². The Morgan fingerprint density at radius 2 is 2.00 bits per heavy atom. The molecule has 0 saturated carbocycles. The summed E-state index contributed by atoms with van der Waals surface area (Å²) in [5, 5.41) is 0.537. The maximum absolute atomic E-state index is 13.2. The second-order valence-electron chi connectivity index (χ2n) is 4.85. The van der Waals surface area contributed by atoms with Crippen molar-refractivity contribution in [3.05, 3.63) is 28.8 Å². The zero-order valence-corrected chi connectivity index (χ0v) is 10.9. The molecule has 0 N–H and O–H groups in total. The van der Waals surface area contributed by atoms with Gasteiger partial charge in [0.2, 0.25) is 0 Å². The topological polar surface area (TPSA) is 9.23 Å². The summed E-state index contributed by atoms with van der Waals surface area (Å²) in [5.41, 5.74) is -0.197. The maximum Gasteiger partial charge on any atom is 0.139 e. The van der Waals surface area contributed by atoms with Crippen LogP contribution < -0.4 is 4.74 Å². The van der Waals surface area contributed by atoms with Crippen LogP contribution in [0.25, 0.3) is 0 Å².